The molecule has 4 heteroatoms. The van der Waals surface area contributed by atoms with Crippen LogP contribution in [0.4, 0.5) is 11.4 Å². The quantitative estimate of drug-likeness (QED) is 0.151. The van der Waals surface area contributed by atoms with Crippen LogP contribution in [-0.4, -0.2) is 12.4 Å². The fourth-order valence-electron chi connectivity index (χ4n) is 3.91. The van der Waals surface area contributed by atoms with Crippen molar-refractivity contribution in [3.63, 3.8) is 0 Å². The lowest BCUT2D eigenvalue weighted by Gasteiger charge is -2.34. The molecule has 0 saturated heterocycles. The van der Waals surface area contributed by atoms with Crippen LogP contribution < -0.4 is 16.8 Å². The summed E-state index contributed by atoms with van der Waals surface area (Å²) in [5.41, 5.74) is 16.8. The molecule has 2 aromatic rings. The Kier molecular flexibility index (Phi) is 15.6. The van der Waals surface area contributed by atoms with Gasteiger partial charge in [-0.3, -0.25) is 0 Å². The molecule has 0 unspecified atom stereocenters. The molecule has 184 valence electrons. The van der Waals surface area contributed by atoms with Crippen molar-refractivity contribution in [2.75, 3.05) is 12.3 Å². The average molecular weight is 453 g/mol. The van der Waals surface area contributed by atoms with E-state index in [2.05, 4.69) is 68.8 Å². The number of nitrogens with two attached hydrogens (primary N) is 2. The van der Waals surface area contributed by atoms with Gasteiger partial charge in [-0.05, 0) is 56.2 Å². The lowest BCUT2D eigenvalue weighted by molar-refractivity contribution is 0.290. The van der Waals surface area contributed by atoms with Crippen molar-refractivity contribution in [2.24, 2.45) is 16.1 Å². The summed E-state index contributed by atoms with van der Waals surface area (Å²) in [5.74, 6) is 0.517. The number of nitrogens with one attached hydrogen (secondary N) is 1. The summed E-state index contributed by atoms with van der Waals surface area (Å²) in [5, 5.41) is 3.56. The van der Waals surface area contributed by atoms with Crippen LogP contribution in [0.1, 0.15) is 78.4 Å². The van der Waals surface area contributed by atoms with Crippen LogP contribution in [0.25, 0.3) is 0 Å². The number of para-hydroxylation sites is 2. The van der Waals surface area contributed by atoms with Crippen LogP contribution in [0, 0.1) is 12.3 Å². The smallest absolute Gasteiger partial charge is 0.0965 e. The Morgan fingerprint density at radius 3 is 2.18 bits per heavy atom. The van der Waals surface area contributed by atoms with Crippen molar-refractivity contribution >= 4 is 17.2 Å². The van der Waals surface area contributed by atoms with Gasteiger partial charge in [-0.2, -0.15) is 0 Å². The Balaban J connectivity index is 0.000000663. The standard InChI is InChI=1S/C19H31N.C8H11N3.C2H6/c1-6-12-19(7-2,8-3)17(5)14-20-15-18-11-9-10-16(4)13-18;1-6(9)11-8-5-3-2-4-7(8)10;1-2/h9-11,13,20H,5-8,12,14-15H2,1-4H3;2-5H,10H2,1H3,(H2,9,11);1-2H3. The summed E-state index contributed by atoms with van der Waals surface area (Å²) < 4.78 is 0. The van der Waals surface area contributed by atoms with Gasteiger partial charge in [-0.25, -0.2) is 4.99 Å². The predicted molar refractivity (Wildman–Crippen MR) is 149 cm³/mol. The molecule has 0 radical (unpaired) electrons. The second-order valence-electron chi connectivity index (χ2n) is 8.25. The number of anilines is 1. The molecule has 0 atom stereocenters. The highest BCUT2D eigenvalue weighted by Crippen LogP contribution is 2.38. The fourth-order valence-corrected chi connectivity index (χ4v) is 3.91. The zero-order valence-electron chi connectivity index (χ0n) is 22.2. The first-order chi connectivity index (χ1) is 15.8. The first-order valence-electron chi connectivity index (χ1n) is 12.4. The summed E-state index contributed by atoms with van der Waals surface area (Å²) >= 11 is 0. The Bertz CT molecular complexity index is 831. The van der Waals surface area contributed by atoms with Crippen molar-refractivity contribution < 1.29 is 0 Å². The number of benzene rings is 2. The zero-order valence-corrected chi connectivity index (χ0v) is 22.2. The molecule has 0 aliphatic heterocycles. The number of amidine groups is 1. The predicted octanol–water partition coefficient (Wildman–Crippen LogP) is 7.55. The van der Waals surface area contributed by atoms with Crippen LogP contribution in [0.3, 0.4) is 0 Å². The van der Waals surface area contributed by atoms with Crippen molar-refractivity contribution in [2.45, 2.75) is 80.7 Å². The highest BCUT2D eigenvalue weighted by Gasteiger charge is 2.27. The molecule has 0 aliphatic carbocycles. The molecule has 0 heterocycles. The Hall–Kier alpha value is -2.59. The average Bonchev–Trinajstić information content (AvgIpc) is 2.80. The van der Waals surface area contributed by atoms with Crippen LogP contribution in [0.5, 0.6) is 0 Å². The van der Waals surface area contributed by atoms with E-state index in [1.807, 2.05) is 32.0 Å². The van der Waals surface area contributed by atoms with Gasteiger partial charge in [-0.15, -0.1) is 0 Å². The number of aryl methyl sites for hydroxylation is 1. The molecule has 0 aliphatic rings. The molecule has 0 spiro atoms. The van der Waals surface area contributed by atoms with E-state index in [4.69, 9.17) is 11.5 Å². The fraction of sp³-hybridized carbons (Fsp3) is 0.483. The molecule has 0 bridgehead atoms. The van der Waals surface area contributed by atoms with E-state index in [-0.39, 0.29) is 0 Å². The summed E-state index contributed by atoms with van der Waals surface area (Å²) in [6, 6.07) is 16.0. The molecule has 2 aromatic carbocycles. The van der Waals surface area contributed by atoms with Crippen molar-refractivity contribution in [3.05, 3.63) is 71.8 Å². The summed E-state index contributed by atoms with van der Waals surface area (Å²) in [6.07, 6.45) is 4.88. The molecule has 4 nitrogen and oxygen atoms in total. The molecule has 0 amide bonds. The van der Waals surface area contributed by atoms with Gasteiger partial charge in [-0.1, -0.05) is 95.2 Å². The molecular formula is C29H48N4. The number of rotatable bonds is 10. The number of hydrogen-bond donors (Lipinski definition) is 3. The SMILES string of the molecule is C=C(CNCc1cccc(C)c1)C(CC)(CC)CCC.CC.CC(N)=Nc1ccccc1N. The van der Waals surface area contributed by atoms with Crippen LogP contribution >= 0.6 is 0 Å². The molecule has 0 aromatic heterocycles. The maximum absolute atomic E-state index is 5.61. The lowest BCUT2D eigenvalue weighted by Crippen LogP contribution is -2.28. The third kappa shape index (κ3) is 11.2. The van der Waals surface area contributed by atoms with Gasteiger partial charge in [0.25, 0.3) is 0 Å². The van der Waals surface area contributed by atoms with Gasteiger partial charge in [0, 0.05) is 13.1 Å². The third-order valence-corrected chi connectivity index (χ3v) is 5.82. The summed E-state index contributed by atoms with van der Waals surface area (Å²) in [6.45, 7) is 21.0. The number of hydrogen-bond acceptors (Lipinski definition) is 3. The van der Waals surface area contributed by atoms with Gasteiger partial charge >= 0.3 is 0 Å². The highest BCUT2D eigenvalue weighted by atomic mass is 14.9. The van der Waals surface area contributed by atoms with Gasteiger partial charge < -0.3 is 16.8 Å². The maximum Gasteiger partial charge on any atom is 0.0965 e. The van der Waals surface area contributed by atoms with Crippen LogP contribution in [-0.2, 0) is 6.54 Å². The van der Waals surface area contributed by atoms with Gasteiger partial charge in [0.1, 0.15) is 0 Å². The minimum absolute atomic E-state index is 0.328. The van der Waals surface area contributed by atoms with E-state index in [9.17, 15) is 0 Å². The van der Waals surface area contributed by atoms with Crippen molar-refractivity contribution in [1.82, 2.24) is 5.32 Å². The minimum atomic E-state index is 0.328. The topological polar surface area (TPSA) is 76.4 Å². The molecule has 0 saturated carbocycles. The van der Waals surface area contributed by atoms with Crippen molar-refractivity contribution in [3.8, 4) is 0 Å². The molecule has 5 N–H and O–H groups in total. The van der Waals surface area contributed by atoms with E-state index < -0.39 is 0 Å². The molecule has 0 fully saturated rings. The Labute approximate surface area is 203 Å². The summed E-state index contributed by atoms with van der Waals surface area (Å²) in [4.78, 5) is 4.03. The normalized spacial score (nSPS) is 11.1. The highest BCUT2D eigenvalue weighted by molar-refractivity contribution is 5.82. The van der Waals surface area contributed by atoms with Gasteiger partial charge in [0.05, 0.1) is 17.2 Å². The van der Waals surface area contributed by atoms with E-state index in [1.54, 1.807) is 13.0 Å². The Morgan fingerprint density at radius 2 is 1.67 bits per heavy atom. The van der Waals surface area contributed by atoms with E-state index >= 15 is 0 Å². The van der Waals surface area contributed by atoms with E-state index in [0.717, 1.165) is 18.8 Å². The van der Waals surface area contributed by atoms with E-state index in [1.165, 1.54) is 42.4 Å². The molecule has 2 rings (SSSR count). The Morgan fingerprint density at radius 1 is 1.03 bits per heavy atom. The second-order valence-corrected chi connectivity index (χ2v) is 8.25. The third-order valence-electron chi connectivity index (χ3n) is 5.82. The zero-order chi connectivity index (χ0) is 25.3. The maximum atomic E-state index is 5.61. The number of nitrogens with zero attached hydrogens (tertiary/aromatic N) is 1. The van der Waals surface area contributed by atoms with Crippen molar-refractivity contribution in [1.29, 1.82) is 0 Å². The monoisotopic (exact) mass is 452 g/mol. The van der Waals surface area contributed by atoms with E-state index in [0.29, 0.717) is 16.9 Å². The van der Waals surface area contributed by atoms with Crippen LogP contribution in [0.15, 0.2) is 65.7 Å². The first kappa shape index (κ1) is 30.4. The molecular weight excluding hydrogens is 404 g/mol. The minimum Gasteiger partial charge on any atom is -0.397 e. The first-order valence-corrected chi connectivity index (χ1v) is 12.4. The number of aliphatic imine (C=N–C) groups is 1. The summed E-state index contributed by atoms with van der Waals surface area (Å²) in [7, 11) is 0. The number of nitrogen functional groups attached to an aromatic ring is 1. The van der Waals surface area contributed by atoms with Gasteiger partial charge in [0.2, 0.25) is 0 Å². The lowest BCUT2D eigenvalue weighted by atomic mass is 9.72. The molecule has 33 heavy (non-hydrogen) atoms. The van der Waals surface area contributed by atoms with Crippen LogP contribution in [0.2, 0.25) is 0 Å². The second kappa shape index (κ2) is 17.0. The largest absolute Gasteiger partial charge is 0.397 e. The van der Waals surface area contributed by atoms with Gasteiger partial charge in [0.15, 0.2) is 0 Å².